The normalized spacial score (nSPS) is 30.0. The summed E-state index contributed by atoms with van der Waals surface area (Å²) in [6.45, 7) is 5.07. The molecule has 0 atom stereocenters. The number of hydrogen-bond donors (Lipinski definition) is 3. The van der Waals surface area contributed by atoms with Crippen molar-refractivity contribution in [2.75, 3.05) is 13.2 Å². The minimum atomic E-state index is -0.0975. The van der Waals surface area contributed by atoms with Gasteiger partial charge in [0.2, 0.25) is 0 Å². The first-order valence-corrected chi connectivity index (χ1v) is 4.56. The molecule has 1 aliphatic carbocycles. The maximum absolute atomic E-state index is 9.02. The molecule has 0 aromatic heterocycles. The van der Waals surface area contributed by atoms with Crippen molar-refractivity contribution in [2.24, 2.45) is 5.41 Å². The fourth-order valence-corrected chi connectivity index (χ4v) is 1.23. The van der Waals surface area contributed by atoms with Crippen LogP contribution in [-0.2, 0) is 0 Å². The molecule has 0 aliphatic heterocycles. The second-order valence-corrected chi connectivity index (χ2v) is 4.53. The number of aliphatic hydroxyl groups is 2. The summed E-state index contributed by atoms with van der Waals surface area (Å²) in [4.78, 5) is 0. The van der Waals surface area contributed by atoms with Crippen LogP contribution in [0.5, 0.6) is 0 Å². The fourth-order valence-electron chi connectivity index (χ4n) is 1.23. The molecule has 1 rings (SSSR count). The quantitative estimate of drug-likeness (QED) is 0.566. The van der Waals surface area contributed by atoms with Gasteiger partial charge in [-0.15, -0.1) is 0 Å². The second kappa shape index (κ2) is 3.73. The minimum Gasteiger partial charge on any atom is -0.396 e. The topological polar surface area (TPSA) is 52.5 Å². The highest BCUT2D eigenvalue weighted by Gasteiger charge is 2.28. The Hall–Kier alpha value is -0.120. The van der Waals surface area contributed by atoms with Gasteiger partial charge in [-0.25, -0.2) is 0 Å². The molecule has 3 heteroatoms. The van der Waals surface area contributed by atoms with E-state index in [1.54, 1.807) is 0 Å². The van der Waals surface area contributed by atoms with Crippen LogP contribution in [0.2, 0.25) is 0 Å². The Morgan fingerprint density at radius 2 is 2.00 bits per heavy atom. The van der Waals surface area contributed by atoms with Gasteiger partial charge < -0.3 is 15.5 Å². The maximum Gasteiger partial charge on any atom is 0.0570 e. The van der Waals surface area contributed by atoms with E-state index >= 15 is 0 Å². The highest BCUT2D eigenvalue weighted by atomic mass is 16.3. The highest BCUT2D eigenvalue weighted by Crippen LogP contribution is 2.21. The molecule has 72 valence electrons. The van der Waals surface area contributed by atoms with E-state index in [-0.39, 0.29) is 18.1 Å². The lowest BCUT2D eigenvalue weighted by Crippen LogP contribution is -2.47. The zero-order valence-corrected chi connectivity index (χ0v) is 7.88. The summed E-state index contributed by atoms with van der Waals surface area (Å²) >= 11 is 0. The van der Waals surface area contributed by atoms with Gasteiger partial charge in [-0.3, -0.25) is 0 Å². The van der Waals surface area contributed by atoms with Crippen molar-refractivity contribution >= 4 is 0 Å². The third kappa shape index (κ3) is 2.73. The predicted octanol–water partition coefficient (Wildman–Crippen LogP) is 0.118. The van der Waals surface area contributed by atoms with E-state index in [9.17, 15) is 0 Å². The van der Waals surface area contributed by atoms with E-state index in [2.05, 4.69) is 5.32 Å². The number of nitrogens with one attached hydrogen (secondary N) is 1. The van der Waals surface area contributed by atoms with E-state index in [1.165, 1.54) is 0 Å². The van der Waals surface area contributed by atoms with Crippen LogP contribution in [0.25, 0.3) is 0 Å². The molecule has 3 N–H and O–H groups in total. The molecule has 1 fully saturated rings. The standard InChI is InChI=1S/C9H19NO2/c1-9(2,6-11)5-10-7-3-8(12)4-7/h7-8,10-12H,3-6H2,1-2H3. The van der Waals surface area contributed by atoms with E-state index in [4.69, 9.17) is 10.2 Å². The molecule has 0 amide bonds. The monoisotopic (exact) mass is 173 g/mol. The summed E-state index contributed by atoms with van der Waals surface area (Å²) in [5.74, 6) is 0. The maximum atomic E-state index is 9.02. The van der Waals surface area contributed by atoms with Crippen LogP contribution in [0.1, 0.15) is 26.7 Å². The largest absolute Gasteiger partial charge is 0.396 e. The first-order valence-electron chi connectivity index (χ1n) is 4.56. The van der Waals surface area contributed by atoms with Crippen LogP contribution in [0.15, 0.2) is 0 Å². The van der Waals surface area contributed by atoms with Crippen molar-refractivity contribution in [1.29, 1.82) is 0 Å². The van der Waals surface area contributed by atoms with Crippen molar-refractivity contribution in [3.8, 4) is 0 Å². The second-order valence-electron chi connectivity index (χ2n) is 4.53. The van der Waals surface area contributed by atoms with Gasteiger partial charge in [0.15, 0.2) is 0 Å². The van der Waals surface area contributed by atoms with E-state index in [1.807, 2.05) is 13.8 Å². The van der Waals surface area contributed by atoms with Crippen LogP contribution < -0.4 is 5.32 Å². The molecule has 0 unspecified atom stereocenters. The molecule has 1 saturated carbocycles. The fraction of sp³-hybridized carbons (Fsp3) is 1.00. The average molecular weight is 173 g/mol. The van der Waals surface area contributed by atoms with Gasteiger partial charge in [-0.1, -0.05) is 13.8 Å². The molecule has 0 heterocycles. The molecule has 0 aromatic rings. The Morgan fingerprint density at radius 1 is 1.42 bits per heavy atom. The average Bonchev–Trinajstić information content (AvgIpc) is 1.96. The molecular formula is C9H19NO2. The number of hydrogen-bond acceptors (Lipinski definition) is 3. The summed E-state index contributed by atoms with van der Waals surface area (Å²) in [6, 6.07) is 0.464. The number of aliphatic hydroxyl groups excluding tert-OH is 2. The molecule has 12 heavy (non-hydrogen) atoms. The Kier molecular flexibility index (Phi) is 3.09. The van der Waals surface area contributed by atoms with Crippen molar-refractivity contribution in [1.82, 2.24) is 5.32 Å². The zero-order valence-electron chi connectivity index (χ0n) is 7.88. The summed E-state index contributed by atoms with van der Waals surface area (Å²) in [7, 11) is 0. The van der Waals surface area contributed by atoms with Crippen molar-refractivity contribution in [3.05, 3.63) is 0 Å². The van der Waals surface area contributed by atoms with Gasteiger partial charge in [-0.05, 0) is 12.8 Å². The molecular weight excluding hydrogens is 154 g/mol. The lowest BCUT2D eigenvalue weighted by atomic mass is 9.87. The third-order valence-corrected chi connectivity index (χ3v) is 2.41. The molecule has 0 bridgehead atoms. The minimum absolute atomic E-state index is 0.0411. The van der Waals surface area contributed by atoms with Gasteiger partial charge >= 0.3 is 0 Å². The van der Waals surface area contributed by atoms with Gasteiger partial charge in [0.1, 0.15) is 0 Å². The van der Waals surface area contributed by atoms with Crippen molar-refractivity contribution in [2.45, 2.75) is 38.8 Å². The van der Waals surface area contributed by atoms with E-state index in [0.29, 0.717) is 6.04 Å². The van der Waals surface area contributed by atoms with Crippen LogP contribution in [0, 0.1) is 5.41 Å². The smallest absolute Gasteiger partial charge is 0.0570 e. The Morgan fingerprint density at radius 3 is 2.42 bits per heavy atom. The predicted molar refractivity (Wildman–Crippen MR) is 47.9 cm³/mol. The van der Waals surface area contributed by atoms with Crippen LogP contribution in [0.4, 0.5) is 0 Å². The van der Waals surface area contributed by atoms with Crippen molar-refractivity contribution in [3.63, 3.8) is 0 Å². The van der Waals surface area contributed by atoms with Gasteiger partial charge in [0, 0.05) is 24.6 Å². The van der Waals surface area contributed by atoms with Gasteiger partial charge in [0.25, 0.3) is 0 Å². The zero-order chi connectivity index (χ0) is 9.19. The van der Waals surface area contributed by atoms with Gasteiger partial charge in [-0.2, -0.15) is 0 Å². The lowest BCUT2D eigenvalue weighted by Gasteiger charge is -2.35. The Balaban J connectivity index is 2.10. The Labute approximate surface area is 73.8 Å². The molecule has 0 saturated heterocycles. The Bertz CT molecular complexity index is 141. The summed E-state index contributed by atoms with van der Waals surface area (Å²) in [6.07, 6.45) is 1.63. The molecule has 1 aliphatic rings. The molecule has 0 aromatic carbocycles. The molecule has 3 nitrogen and oxygen atoms in total. The highest BCUT2D eigenvalue weighted by molar-refractivity contribution is 4.86. The van der Waals surface area contributed by atoms with Crippen molar-refractivity contribution < 1.29 is 10.2 Å². The van der Waals surface area contributed by atoms with Crippen LogP contribution in [0.3, 0.4) is 0 Å². The first kappa shape index (κ1) is 9.96. The third-order valence-electron chi connectivity index (χ3n) is 2.41. The molecule has 0 radical (unpaired) electrons. The van der Waals surface area contributed by atoms with Crippen LogP contribution >= 0.6 is 0 Å². The van der Waals surface area contributed by atoms with Gasteiger partial charge in [0.05, 0.1) is 6.10 Å². The SMILES string of the molecule is CC(C)(CO)CNC1CC(O)C1. The number of rotatable bonds is 4. The summed E-state index contributed by atoms with van der Waals surface area (Å²) < 4.78 is 0. The molecule has 0 spiro atoms. The summed E-state index contributed by atoms with van der Waals surface area (Å²) in [5.41, 5.74) is -0.0411. The van der Waals surface area contributed by atoms with E-state index in [0.717, 1.165) is 19.4 Å². The first-order chi connectivity index (χ1) is 5.53. The lowest BCUT2D eigenvalue weighted by molar-refractivity contribution is 0.0540. The summed E-state index contributed by atoms with van der Waals surface area (Å²) in [5, 5.41) is 21.3. The van der Waals surface area contributed by atoms with Crippen LogP contribution in [-0.4, -0.2) is 35.5 Å². The van der Waals surface area contributed by atoms with E-state index < -0.39 is 0 Å².